The molecule has 1 heterocycles. The van der Waals surface area contributed by atoms with Gasteiger partial charge in [-0.3, -0.25) is 9.59 Å². The Morgan fingerprint density at radius 2 is 1.80 bits per heavy atom. The molecular formula is C23H23Cl2N5O4S. The van der Waals surface area contributed by atoms with Gasteiger partial charge in [0.1, 0.15) is 0 Å². The molecule has 184 valence electrons. The molecule has 3 aromatic rings. The first-order chi connectivity index (χ1) is 16.6. The number of carbonyl (C=O) groups excluding carboxylic acids is 2. The number of aromatic carboxylic acids is 1. The molecule has 12 heteroatoms. The number of aromatic nitrogens is 3. The van der Waals surface area contributed by atoms with E-state index in [4.69, 9.17) is 28.3 Å². The number of hydrogen-bond donors (Lipinski definition) is 3. The summed E-state index contributed by atoms with van der Waals surface area (Å²) >= 11 is 13.1. The second-order valence-electron chi connectivity index (χ2n) is 7.95. The number of carboxylic acid groups (broad SMARTS) is 1. The summed E-state index contributed by atoms with van der Waals surface area (Å²) in [7, 11) is 1.76. The summed E-state index contributed by atoms with van der Waals surface area (Å²) in [5.41, 5.74) is 0.834. The average Bonchev–Trinajstić information content (AvgIpc) is 3.17. The zero-order valence-electron chi connectivity index (χ0n) is 19.1. The number of carbonyl (C=O) groups is 3. The summed E-state index contributed by atoms with van der Waals surface area (Å²) in [5, 5.41) is 24.3. The SMILES string of the molecule is CC(C)[C@H](NC(=O)c1ccc(Cl)c(Cl)c1)c1nnc(SCC(=O)Nc2cccc(C(=O)O)c2)n1C. The van der Waals surface area contributed by atoms with E-state index in [9.17, 15) is 14.4 Å². The van der Waals surface area contributed by atoms with Gasteiger partial charge in [-0.2, -0.15) is 0 Å². The van der Waals surface area contributed by atoms with Crippen LogP contribution in [0.15, 0.2) is 47.6 Å². The lowest BCUT2D eigenvalue weighted by molar-refractivity contribution is -0.113. The van der Waals surface area contributed by atoms with Gasteiger partial charge in [0.25, 0.3) is 5.91 Å². The van der Waals surface area contributed by atoms with Gasteiger partial charge in [0.15, 0.2) is 11.0 Å². The summed E-state index contributed by atoms with van der Waals surface area (Å²) in [4.78, 5) is 36.3. The minimum Gasteiger partial charge on any atom is -0.478 e. The van der Waals surface area contributed by atoms with Gasteiger partial charge in [-0.1, -0.05) is 54.9 Å². The smallest absolute Gasteiger partial charge is 0.335 e. The molecule has 0 spiro atoms. The lowest BCUT2D eigenvalue weighted by Crippen LogP contribution is -2.33. The standard InChI is InChI=1S/C23H23Cl2N5O4S/c1-12(2)19(27-21(32)13-7-8-16(24)17(25)10-13)20-28-29-23(30(20)3)35-11-18(31)26-15-6-4-5-14(9-15)22(33)34/h4-10,12,19H,11H2,1-3H3,(H,26,31)(H,27,32)(H,33,34)/t19-/m0/s1. The molecule has 0 saturated carbocycles. The van der Waals surface area contributed by atoms with E-state index in [0.717, 1.165) is 0 Å². The fraction of sp³-hybridized carbons (Fsp3) is 0.261. The molecule has 9 nitrogen and oxygen atoms in total. The third-order valence-corrected chi connectivity index (χ3v) is 6.77. The van der Waals surface area contributed by atoms with Crippen LogP contribution in [0.2, 0.25) is 10.0 Å². The Kier molecular flexibility index (Phi) is 8.76. The van der Waals surface area contributed by atoms with Gasteiger partial charge in [0.2, 0.25) is 5.91 Å². The second kappa shape index (κ2) is 11.6. The van der Waals surface area contributed by atoms with Crippen LogP contribution in [-0.2, 0) is 11.8 Å². The Labute approximate surface area is 216 Å². The Morgan fingerprint density at radius 3 is 2.46 bits per heavy atom. The van der Waals surface area contributed by atoms with E-state index in [1.54, 1.807) is 35.9 Å². The molecular weight excluding hydrogens is 513 g/mol. The van der Waals surface area contributed by atoms with Gasteiger partial charge < -0.3 is 20.3 Å². The fourth-order valence-electron chi connectivity index (χ4n) is 3.17. The molecule has 3 rings (SSSR count). The highest BCUT2D eigenvalue weighted by atomic mass is 35.5. The van der Waals surface area contributed by atoms with E-state index in [2.05, 4.69) is 20.8 Å². The first-order valence-corrected chi connectivity index (χ1v) is 12.2. The Hall–Kier alpha value is -3.08. The minimum atomic E-state index is -1.08. The van der Waals surface area contributed by atoms with Crippen LogP contribution >= 0.6 is 35.0 Å². The molecule has 0 saturated heterocycles. The van der Waals surface area contributed by atoms with Crippen molar-refractivity contribution in [2.24, 2.45) is 13.0 Å². The third-order valence-electron chi connectivity index (χ3n) is 5.01. The highest BCUT2D eigenvalue weighted by Crippen LogP contribution is 2.26. The molecule has 0 aliphatic rings. The molecule has 0 unspecified atom stereocenters. The van der Waals surface area contributed by atoms with Crippen LogP contribution in [0, 0.1) is 5.92 Å². The fourth-order valence-corrected chi connectivity index (χ4v) is 4.19. The van der Waals surface area contributed by atoms with E-state index in [1.807, 2.05) is 13.8 Å². The van der Waals surface area contributed by atoms with Crippen molar-refractivity contribution in [3.05, 3.63) is 69.5 Å². The molecule has 1 aromatic heterocycles. The van der Waals surface area contributed by atoms with Crippen molar-refractivity contribution in [3.8, 4) is 0 Å². The highest BCUT2D eigenvalue weighted by Gasteiger charge is 2.25. The Morgan fingerprint density at radius 1 is 1.06 bits per heavy atom. The van der Waals surface area contributed by atoms with E-state index >= 15 is 0 Å². The van der Waals surface area contributed by atoms with Crippen LogP contribution in [-0.4, -0.2) is 43.4 Å². The van der Waals surface area contributed by atoms with Crippen LogP contribution in [0.3, 0.4) is 0 Å². The number of nitrogens with one attached hydrogen (secondary N) is 2. The molecule has 1 atom stereocenters. The van der Waals surface area contributed by atoms with Gasteiger partial charge in [0, 0.05) is 18.3 Å². The number of rotatable bonds is 9. The molecule has 0 aliphatic carbocycles. The van der Waals surface area contributed by atoms with E-state index in [0.29, 0.717) is 27.3 Å². The van der Waals surface area contributed by atoms with Gasteiger partial charge in [-0.25, -0.2) is 4.79 Å². The number of thioether (sulfide) groups is 1. The van der Waals surface area contributed by atoms with Crippen LogP contribution in [0.5, 0.6) is 0 Å². The van der Waals surface area contributed by atoms with Crippen LogP contribution in [0.1, 0.15) is 46.4 Å². The molecule has 2 aromatic carbocycles. The van der Waals surface area contributed by atoms with Crippen LogP contribution in [0.25, 0.3) is 0 Å². The number of nitrogens with zero attached hydrogens (tertiary/aromatic N) is 3. The van der Waals surface area contributed by atoms with Gasteiger partial charge in [-0.05, 0) is 42.3 Å². The zero-order chi connectivity index (χ0) is 25.7. The molecule has 35 heavy (non-hydrogen) atoms. The van der Waals surface area contributed by atoms with E-state index in [-0.39, 0.29) is 34.1 Å². The molecule has 0 bridgehead atoms. The van der Waals surface area contributed by atoms with Gasteiger partial charge in [-0.15, -0.1) is 10.2 Å². The average molecular weight is 536 g/mol. The summed E-state index contributed by atoms with van der Waals surface area (Å²) in [6.07, 6.45) is 0. The number of amides is 2. The third kappa shape index (κ3) is 6.74. The number of hydrogen-bond acceptors (Lipinski definition) is 6. The van der Waals surface area contributed by atoms with Crippen LogP contribution < -0.4 is 10.6 Å². The summed E-state index contributed by atoms with van der Waals surface area (Å²) in [6.45, 7) is 3.89. The quantitative estimate of drug-likeness (QED) is 0.339. The Bertz CT molecular complexity index is 1260. The van der Waals surface area contributed by atoms with Gasteiger partial charge in [0.05, 0.1) is 27.4 Å². The maximum atomic E-state index is 12.8. The van der Waals surface area contributed by atoms with E-state index in [1.165, 1.54) is 30.0 Å². The van der Waals surface area contributed by atoms with Crippen molar-refractivity contribution in [2.75, 3.05) is 11.1 Å². The number of halogens is 2. The number of benzene rings is 2. The summed E-state index contributed by atoms with van der Waals surface area (Å²) in [5.74, 6) is -1.17. The van der Waals surface area contributed by atoms with E-state index < -0.39 is 12.0 Å². The maximum Gasteiger partial charge on any atom is 0.335 e. The first-order valence-electron chi connectivity index (χ1n) is 10.5. The number of carboxylic acids is 1. The Balaban J connectivity index is 1.67. The van der Waals surface area contributed by atoms with Crippen molar-refractivity contribution >= 4 is 58.4 Å². The van der Waals surface area contributed by atoms with Crippen molar-refractivity contribution in [2.45, 2.75) is 25.0 Å². The van der Waals surface area contributed by atoms with Crippen molar-refractivity contribution in [1.29, 1.82) is 0 Å². The number of anilines is 1. The first kappa shape index (κ1) is 26.5. The monoisotopic (exact) mass is 535 g/mol. The largest absolute Gasteiger partial charge is 0.478 e. The molecule has 0 aliphatic heterocycles. The highest BCUT2D eigenvalue weighted by molar-refractivity contribution is 7.99. The normalized spacial score (nSPS) is 11.8. The lowest BCUT2D eigenvalue weighted by atomic mass is 10.0. The van der Waals surface area contributed by atoms with Crippen molar-refractivity contribution < 1.29 is 19.5 Å². The molecule has 0 fully saturated rings. The van der Waals surface area contributed by atoms with Crippen LogP contribution in [0.4, 0.5) is 5.69 Å². The molecule has 3 N–H and O–H groups in total. The maximum absolute atomic E-state index is 12.8. The zero-order valence-corrected chi connectivity index (χ0v) is 21.4. The topological polar surface area (TPSA) is 126 Å². The summed E-state index contributed by atoms with van der Waals surface area (Å²) in [6, 6.07) is 10.2. The van der Waals surface area contributed by atoms with Crippen molar-refractivity contribution in [3.63, 3.8) is 0 Å². The minimum absolute atomic E-state index is 0.00715. The lowest BCUT2D eigenvalue weighted by Gasteiger charge is -2.22. The predicted molar refractivity (Wildman–Crippen MR) is 135 cm³/mol. The van der Waals surface area contributed by atoms with Crippen molar-refractivity contribution in [1.82, 2.24) is 20.1 Å². The second-order valence-corrected chi connectivity index (χ2v) is 9.70. The molecule has 0 radical (unpaired) electrons. The van der Waals surface area contributed by atoms with Gasteiger partial charge >= 0.3 is 5.97 Å². The predicted octanol–water partition coefficient (Wildman–Crippen LogP) is 4.68. The molecule has 2 amide bonds. The summed E-state index contributed by atoms with van der Waals surface area (Å²) < 4.78 is 1.72.